The van der Waals surface area contributed by atoms with E-state index < -0.39 is 0 Å². The molecular formula is C10H21N. The molecule has 0 fully saturated rings. The highest BCUT2D eigenvalue weighted by molar-refractivity contribution is 4.94. The lowest BCUT2D eigenvalue weighted by molar-refractivity contribution is 0.343. The minimum Gasteiger partial charge on any atom is -0.308 e. The van der Waals surface area contributed by atoms with E-state index >= 15 is 0 Å². The predicted molar refractivity (Wildman–Crippen MR) is 51.8 cm³/mol. The maximum Gasteiger partial charge on any atom is 0.0164 e. The van der Waals surface area contributed by atoms with E-state index in [2.05, 4.69) is 39.6 Å². The van der Waals surface area contributed by atoms with Crippen LogP contribution in [0.1, 0.15) is 40.5 Å². The Hall–Kier alpha value is -0.300. The fourth-order valence-corrected chi connectivity index (χ4v) is 0.864. The molecule has 0 bridgehead atoms. The minimum atomic E-state index is 0.305. The van der Waals surface area contributed by atoms with E-state index in [0.717, 1.165) is 6.54 Å². The van der Waals surface area contributed by atoms with E-state index in [4.69, 9.17) is 0 Å². The van der Waals surface area contributed by atoms with Gasteiger partial charge in [-0.3, -0.25) is 0 Å². The molecule has 0 saturated carbocycles. The lowest BCUT2D eigenvalue weighted by Gasteiger charge is -2.28. The van der Waals surface area contributed by atoms with Crippen molar-refractivity contribution in [3.63, 3.8) is 0 Å². The highest BCUT2D eigenvalue weighted by Crippen LogP contribution is 2.13. The molecule has 1 N–H and O–H groups in total. The first-order valence-electron chi connectivity index (χ1n) is 4.43. The van der Waals surface area contributed by atoms with Crippen LogP contribution in [-0.4, -0.2) is 12.1 Å². The molecule has 11 heavy (non-hydrogen) atoms. The van der Waals surface area contributed by atoms with Crippen LogP contribution in [0.3, 0.4) is 0 Å². The van der Waals surface area contributed by atoms with Gasteiger partial charge < -0.3 is 5.32 Å². The summed E-state index contributed by atoms with van der Waals surface area (Å²) in [7, 11) is 0. The van der Waals surface area contributed by atoms with Crippen LogP contribution in [-0.2, 0) is 0 Å². The first-order chi connectivity index (χ1) is 5.04. The van der Waals surface area contributed by atoms with Crippen molar-refractivity contribution in [1.82, 2.24) is 5.32 Å². The summed E-state index contributed by atoms with van der Waals surface area (Å²) in [5.41, 5.74) is 1.51. The molecule has 0 heterocycles. The molecule has 0 aliphatic heterocycles. The fourth-order valence-electron chi connectivity index (χ4n) is 0.864. The summed E-state index contributed by atoms with van der Waals surface area (Å²) in [5.74, 6) is 0. The molecule has 0 rings (SSSR count). The topological polar surface area (TPSA) is 12.0 Å². The van der Waals surface area contributed by atoms with Crippen LogP contribution in [0.4, 0.5) is 0 Å². The second-order valence-corrected chi connectivity index (χ2v) is 3.58. The normalized spacial score (nSPS) is 11.6. The van der Waals surface area contributed by atoms with Gasteiger partial charge in [0.1, 0.15) is 0 Å². The quantitative estimate of drug-likeness (QED) is 0.602. The average molecular weight is 155 g/mol. The third-order valence-electron chi connectivity index (χ3n) is 2.38. The minimum absolute atomic E-state index is 0.305. The molecule has 0 amide bonds. The third-order valence-corrected chi connectivity index (χ3v) is 2.38. The average Bonchev–Trinajstić information content (AvgIpc) is 2.00. The lowest BCUT2D eigenvalue weighted by Crippen LogP contribution is -2.41. The Morgan fingerprint density at radius 3 is 2.09 bits per heavy atom. The second kappa shape index (κ2) is 4.55. The van der Waals surface area contributed by atoms with Gasteiger partial charge >= 0.3 is 0 Å². The van der Waals surface area contributed by atoms with Crippen molar-refractivity contribution >= 4 is 0 Å². The van der Waals surface area contributed by atoms with Crippen molar-refractivity contribution in [2.24, 2.45) is 0 Å². The fraction of sp³-hybridized carbons (Fsp3) is 0.800. The van der Waals surface area contributed by atoms with Gasteiger partial charge in [0.05, 0.1) is 0 Å². The highest BCUT2D eigenvalue weighted by Gasteiger charge is 2.17. The van der Waals surface area contributed by atoms with E-state index in [1.54, 1.807) is 0 Å². The van der Waals surface area contributed by atoms with Crippen molar-refractivity contribution < 1.29 is 0 Å². The van der Waals surface area contributed by atoms with Crippen molar-refractivity contribution in [2.45, 2.75) is 46.1 Å². The number of nitrogens with one attached hydrogen (secondary N) is 1. The van der Waals surface area contributed by atoms with Gasteiger partial charge in [-0.25, -0.2) is 0 Å². The Morgan fingerprint density at radius 1 is 1.36 bits per heavy atom. The molecule has 0 aliphatic rings. The summed E-state index contributed by atoms with van der Waals surface area (Å²) in [6.45, 7) is 13.6. The Balaban J connectivity index is 3.78. The van der Waals surface area contributed by atoms with Crippen LogP contribution in [0, 0.1) is 0 Å². The first kappa shape index (κ1) is 10.7. The summed E-state index contributed by atoms with van der Waals surface area (Å²) in [6.07, 6.45) is 2.35. The number of hydrogen-bond acceptors (Lipinski definition) is 1. The molecule has 1 heteroatoms. The van der Waals surface area contributed by atoms with Gasteiger partial charge in [-0.1, -0.05) is 26.0 Å². The van der Waals surface area contributed by atoms with Crippen molar-refractivity contribution in [1.29, 1.82) is 0 Å². The van der Waals surface area contributed by atoms with Gasteiger partial charge in [-0.2, -0.15) is 0 Å². The Kier molecular flexibility index (Phi) is 4.43. The van der Waals surface area contributed by atoms with E-state index in [1.807, 2.05) is 0 Å². The molecule has 0 aliphatic carbocycles. The summed E-state index contributed by atoms with van der Waals surface area (Å²) in [5, 5.41) is 3.50. The van der Waals surface area contributed by atoms with Crippen LogP contribution >= 0.6 is 0 Å². The van der Waals surface area contributed by atoms with Gasteiger partial charge in [0, 0.05) is 12.1 Å². The summed E-state index contributed by atoms with van der Waals surface area (Å²) in [4.78, 5) is 0. The molecule has 66 valence electrons. The van der Waals surface area contributed by atoms with Crippen LogP contribution in [0.5, 0.6) is 0 Å². The Bertz CT molecular complexity index is 123. The smallest absolute Gasteiger partial charge is 0.0164 e. The third kappa shape index (κ3) is 4.20. The molecule has 1 nitrogen and oxygen atoms in total. The van der Waals surface area contributed by atoms with Crippen molar-refractivity contribution in [3.05, 3.63) is 12.2 Å². The monoisotopic (exact) mass is 155 g/mol. The standard InChI is InChI=1S/C10H21N/c1-6-10(5,7-2)11-8-9(3)4/h11H,3,6-8H2,1-2,4-5H3. The Morgan fingerprint density at radius 2 is 1.82 bits per heavy atom. The largest absolute Gasteiger partial charge is 0.308 e. The molecule has 0 aromatic heterocycles. The van der Waals surface area contributed by atoms with E-state index in [0.29, 0.717) is 5.54 Å². The summed E-state index contributed by atoms with van der Waals surface area (Å²) >= 11 is 0. The van der Waals surface area contributed by atoms with Gasteiger partial charge in [0.2, 0.25) is 0 Å². The van der Waals surface area contributed by atoms with Crippen LogP contribution < -0.4 is 5.32 Å². The zero-order chi connectivity index (χ0) is 8.91. The SMILES string of the molecule is C=C(C)CNC(C)(CC)CC. The van der Waals surface area contributed by atoms with Crippen LogP contribution in [0.15, 0.2) is 12.2 Å². The molecule has 0 radical (unpaired) electrons. The van der Waals surface area contributed by atoms with Crippen molar-refractivity contribution in [2.75, 3.05) is 6.54 Å². The molecule has 0 atom stereocenters. The zero-order valence-electron chi connectivity index (χ0n) is 8.33. The molecule has 0 unspecified atom stereocenters. The van der Waals surface area contributed by atoms with Crippen molar-refractivity contribution in [3.8, 4) is 0 Å². The van der Waals surface area contributed by atoms with Crippen LogP contribution in [0.25, 0.3) is 0 Å². The first-order valence-corrected chi connectivity index (χ1v) is 4.43. The van der Waals surface area contributed by atoms with E-state index in [9.17, 15) is 0 Å². The molecule has 0 aromatic rings. The van der Waals surface area contributed by atoms with Gasteiger partial charge in [0.25, 0.3) is 0 Å². The lowest BCUT2D eigenvalue weighted by atomic mass is 9.95. The summed E-state index contributed by atoms with van der Waals surface area (Å²) < 4.78 is 0. The number of hydrogen-bond donors (Lipinski definition) is 1. The Labute approximate surface area is 70.9 Å². The molecule has 0 saturated heterocycles. The summed E-state index contributed by atoms with van der Waals surface area (Å²) in [6, 6.07) is 0. The second-order valence-electron chi connectivity index (χ2n) is 3.58. The van der Waals surface area contributed by atoms with E-state index in [-0.39, 0.29) is 0 Å². The molecular weight excluding hydrogens is 134 g/mol. The van der Waals surface area contributed by atoms with Gasteiger partial charge in [-0.05, 0) is 26.7 Å². The van der Waals surface area contributed by atoms with E-state index in [1.165, 1.54) is 18.4 Å². The highest BCUT2D eigenvalue weighted by atomic mass is 15.0. The maximum absolute atomic E-state index is 3.86. The zero-order valence-corrected chi connectivity index (χ0v) is 8.33. The maximum atomic E-state index is 3.86. The predicted octanol–water partition coefficient (Wildman–Crippen LogP) is 2.73. The van der Waals surface area contributed by atoms with Gasteiger partial charge in [0.15, 0.2) is 0 Å². The van der Waals surface area contributed by atoms with Crippen LogP contribution in [0.2, 0.25) is 0 Å². The molecule has 0 aromatic carbocycles. The van der Waals surface area contributed by atoms with Gasteiger partial charge in [-0.15, -0.1) is 0 Å². The molecule has 0 spiro atoms. The number of rotatable bonds is 5.